The smallest absolute Gasteiger partial charge is 0.244 e. The van der Waals surface area contributed by atoms with Gasteiger partial charge in [-0.3, -0.25) is 0 Å². The van der Waals surface area contributed by atoms with Gasteiger partial charge in [0.05, 0.1) is 12.2 Å². The van der Waals surface area contributed by atoms with Gasteiger partial charge in [0.2, 0.25) is 10.0 Å². The van der Waals surface area contributed by atoms with Crippen molar-refractivity contribution in [1.82, 2.24) is 19.3 Å². The molecule has 2 heterocycles. The van der Waals surface area contributed by atoms with Crippen molar-refractivity contribution in [1.29, 1.82) is 0 Å². The summed E-state index contributed by atoms with van der Waals surface area (Å²) in [6, 6.07) is 4.93. The van der Waals surface area contributed by atoms with Gasteiger partial charge in [-0.2, -0.15) is 0 Å². The SMILES string of the molecule is CN(C)S(=O)(=O)c1ccc(NCc2ccncn2)nc1. The van der Waals surface area contributed by atoms with E-state index >= 15 is 0 Å². The Labute approximate surface area is 117 Å². The van der Waals surface area contributed by atoms with Gasteiger partial charge in [0, 0.05) is 26.5 Å². The molecule has 2 aromatic heterocycles. The lowest BCUT2D eigenvalue weighted by atomic mass is 10.4. The van der Waals surface area contributed by atoms with Gasteiger partial charge in [0.1, 0.15) is 17.0 Å². The molecule has 1 N–H and O–H groups in total. The molecule has 0 bridgehead atoms. The number of pyridine rings is 1. The van der Waals surface area contributed by atoms with E-state index in [-0.39, 0.29) is 4.90 Å². The Morgan fingerprint density at radius 3 is 2.55 bits per heavy atom. The molecule has 0 fully saturated rings. The van der Waals surface area contributed by atoms with Crippen molar-refractivity contribution in [3.63, 3.8) is 0 Å². The first-order valence-corrected chi connectivity index (χ1v) is 7.31. The molecule has 0 aliphatic heterocycles. The van der Waals surface area contributed by atoms with Crippen LogP contribution in [0, 0.1) is 0 Å². The lowest BCUT2D eigenvalue weighted by molar-refractivity contribution is 0.520. The molecule has 0 saturated heterocycles. The molecule has 0 aliphatic rings. The van der Waals surface area contributed by atoms with Gasteiger partial charge >= 0.3 is 0 Å². The third-order valence-electron chi connectivity index (χ3n) is 2.61. The number of sulfonamides is 1. The monoisotopic (exact) mass is 293 g/mol. The van der Waals surface area contributed by atoms with Crippen LogP contribution in [0.5, 0.6) is 0 Å². The average molecular weight is 293 g/mol. The van der Waals surface area contributed by atoms with Crippen LogP contribution in [-0.2, 0) is 16.6 Å². The molecular weight excluding hydrogens is 278 g/mol. The largest absolute Gasteiger partial charge is 0.364 e. The second-order valence-corrected chi connectivity index (χ2v) is 6.37. The van der Waals surface area contributed by atoms with Crippen LogP contribution in [0.2, 0.25) is 0 Å². The molecule has 7 nitrogen and oxygen atoms in total. The summed E-state index contributed by atoms with van der Waals surface area (Å²) in [5.41, 5.74) is 0.826. The Kier molecular flexibility index (Phi) is 4.26. The Hall–Kier alpha value is -2.06. The fourth-order valence-corrected chi connectivity index (χ4v) is 2.30. The molecule has 8 heteroatoms. The zero-order valence-electron chi connectivity index (χ0n) is 11.2. The van der Waals surface area contributed by atoms with Crippen LogP contribution in [0.3, 0.4) is 0 Å². The standard InChI is InChI=1S/C12H15N5O2S/c1-17(2)20(18,19)11-3-4-12(15-8-11)14-7-10-5-6-13-9-16-10/h3-6,8-9H,7H2,1-2H3,(H,14,15). The van der Waals surface area contributed by atoms with Crippen LogP contribution in [0.1, 0.15) is 5.69 Å². The highest BCUT2D eigenvalue weighted by Gasteiger charge is 2.17. The van der Waals surface area contributed by atoms with Gasteiger partial charge in [0.25, 0.3) is 0 Å². The lowest BCUT2D eigenvalue weighted by Crippen LogP contribution is -2.22. The Morgan fingerprint density at radius 2 is 2.00 bits per heavy atom. The summed E-state index contributed by atoms with van der Waals surface area (Å²) in [4.78, 5) is 12.1. The molecule has 0 spiro atoms. The third kappa shape index (κ3) is 3.28. The molecule has 2 rings (SSSR count). The zero-order chi connectivity index (χ0) is 14.6. The van der Waals surface area contributed by atoms with E-state index in [1.807, 2.05) is 0 Å². The molecule has 0 radical (unpaired) electrons. The second-order valence-electron chi connectivity index (χ2n) is 4.22. The number of rotatable bonds is 5. The van der Waals surface area contributed by atoms with Crippen molar-refractivity contribution in [3.05, 3.63) is 42.6 Å². The van der Waals surface area contributed by atoms with Crippen LogP contribution in [0.4, 0.5) is 5.82 Å². The number of aromatic nitrogens is 3. The van der Waals surface area contributed by atoms with Crippen molar-refractivity contribution in [2.75, 3.05) is 19.4 Å². The van der Waals surface area contributed by atoms with E-state index in [0.717, 1.165) is 10.00 Å². The summed E-state index contributed by atoms with van der Waals surface area (Å²) >= 11 is 0. The van der Waals surface area contributed by atoms with Crippen LogP contribution >= 0.6 is 0 Å². The van der Waals surface area contributed by atoms with Crippen LogP contribution < -0.4 is 5.32 Å². The molecule has 2 aromatic rings. The van der Waals surface area contributed by atoms with Gasteiger partial charge in [-0.25, -0.2) is 27.7 Å². The van der Waals surface area contributed by atoms with Crippen molar-refractivity contribution in [2.24, 2.45) is 0 Å². The summed E-state index contributed by atoms with van der Waals surface area (Å²) < 4.78 is 24.9. The minimum absolute atomic E-state index is 0.162. The van der Waals surface area contributed by atoms with E-state index in [4.69, 9.17) is 0 Å². The highest BCUT2D eigenvalue weighted by molar-refractivity contribution is 7.89. The summed E-state index contributed by atoms with van der Waals surface area (Å²) in [7, 11) is -0.473. The van der Waals surface area contributed by atoms with E-state index in [9.17, 15) is 8.42 Å². The maximum absolute atomic E-state index is 11.9. The maximum atomic E-state index is 11.9. The van der Waals surface area contributed by atoms with E-state index in [1.54, 1.807) is 18.3 Å². The van der Waals surface area contributed by atoms with Gasteiger partial charge in [-0.1, -0.05) is 0 Å². The molecule has 106 valence electrons. The van der Waals surface area contributed by atoms with E-state index < -0.39 is 10.0 Å². The van der Waals surface area contributed by atoms with Gasteiger partial charge < -0.3 is 5.32 Å². The number of nitrogens with zero attached hydrogens (tertiary/aromatic N) is 4. The first-order chi connectivity index (χ1) is 9.50. The average Bonchev–Trinajstić information content (AvgIpc) is 2.46. The van der Waals surface area contributed by atoms with Crippen molar-refractivity contribution >= 4 is 15.8 Å². The molecule has 0 unspecified atom stereocenters. The predicted octanol–water partition coefficient (Wildman–Crippen LogP) is 0.734. The van der Waals surface area contributed by atoms with E-state index in [2.05, 4.69) is 20.3 Å². The maximum Gasteiger partial charge on any atom is 0.244 e. The third-order valence-corrected chi connectivity index (χ3v) is 4.41. The van der Waals surface area contributed by atoms with Gasteiger partial charge in [-0.05, 0) is 18.2 Å². The van der Waals surface area contributed by atoms with Gasteiger partial charge in [0.15, 0.2) is 0 Å². The van der Waals surface area contributed by atoms with E-state index in [0.29, 0.717) is 12.4 Å². The first-order valence-electron chi connectivity index (χ1n) is 5.87. The molecule has 0 atom stereocenters. The Bertz CT molecular complexity index is 656. The van der Waals surface area contributed by atoms with Gasteiger partial charge in [-0.15, -0.1) is 0 Å². The van der Waals surface area contributed by atoms with Crippen LogP contribution in [-0.4, -0.2) is 41.8 Å². The van der Waals surface area contributed by atoms with Crippen molar-refractivity contribution < 1.29 is 8.42 Å². The Balaban J connectivity index is 2.06. The lowest BCUT2D eigenvalue weighted by Gasteiger charge is -2.11. The number of hydrogen-bond acceptors (Lipinski definition) is 6. The minimum atomic E-state index is -3.44. The highest BCUT2D eigenvalue weighted by Crippen LogP contribution is 2.14. The Morgan fingerprint density at radius 1 is 1.20 bits per heavy atom. The zero-order valence-corrected chi connectivity index (χ0v) is 12.0. The molecular formula is C12H15N5O2S. The topological polar surface area (TPSA) is 88.1 Å². The van der Waals surface area contributed by atoms with Crippen molar-refractivity contribution in [2.45, 2.75) is 11.4 Å². The molecule has 20 heavy (non-hydrogen) atoms. The predicted molar refractivity (Wildman–Crippen MR) is 74.5 cm³/mol. The molecule has 0 saturated carbocycles. The second kappa shape index (κ2) is 5.93. The molecule has 0 aliphatic carbocycles. The molecule has 0 aromatic carbocycles. The van der Waals surface area contributed by atoms with Crippen LogP contribution in [0.15, 0.2) is 41.8 Å². The fourth-order valence-electron chi connectivity index (χ4n) is 1.45. The number of nitrogens with one attached hydrogen (secondary N) is 1. The fraction of sp³-hybridized carbons (Fsp3) is 0.250. The summed E-state index contributed by atoms with van der Waals surface area (Å²) in [5, 5.41) is 3.06. The quantitative estimate of drug-likeness (QED) is 0.874. The minimum Gasteiger partial charge on any atom is -0.364 e. The summed E-state index contributed by atoms with van der Waals surface area (Å²) in [5.74, 6) is 0.585. The summed E-state index contributed by atoms with van der Waals surface area (Å²) in [6.07, 6.45) is 4.46. The summed E-state index contributed by atoms with van der Waals surface area (Å²) in [6.45, 7) is 0.495. The first kappa shape index (κ1) is 14.4. The molecule has 0 amide bonds. The van der Waals surface area contributed by atoms with E-state index in [1.165, 1.54) is 32.7 Å². The highest BCUT2D eigenvalue weighted by atomic mass is 32.2. The number of anilines is 1. The normalized spacial score (nSPS) is 11.6. The van der Waals surface area contributed by atoms with Crippen molar-refractivity contribution in [3.8, 4) is 0 Å². The number of hydrogen-bond donors (Lipinski definition) is 1. The van der Waals surface area contributed by atoms with Crippen LogP contribution in [0.25, 0.3) is 0 Å².